The van der Waals surface area contributed by atoms with Gasteiger partial charge < -0.3 is 9.47 Å². The summed E-state index contributed by atoms with van der Waals surface area (Å²) in [6.45, 7) is 2.48. The summed E-state index contributed by atoms with van der Waals surface area (Å²) in [5, 5.41) is 10.8. The molecule has 0 spiro atoms. The lowest BCUT2D eigenvalue weighted by atomic mass is 10.1. The van der Waals surface area contributed by atoms with Crippen LogP contribution in [0.3, 0.4) is 0 Å². The standard InChI is InChI=1S/C21H19N3O4S/c1-14-7-3-4-9-16(14)13-28-17-10-6-5-8-15(17)12-22-24-21-23-20(26)18(29-21)11-19(25)27-2/h3-12H,13H2,1-2H3,(H,23,24,26)/b18-11+,22-12?. The second-order valence-corrected chi connectivity index (χ2v) is 7.02. The Morgan fingerprint density at radius 2 is 1.93 bits per heavy atom. The van der Waals surface area contributed by atoms with Crippen molar-refractivity contribution in [1.82, 2.24) is 5.32 Å². The number of benzene rings is 2. The fourth-order valence-corrected chi connectivity index (χ4v) is 3.17. The van der Waals surface area contributed by atoms with E-state index in [9.17, 15) is 9.59 Å². The molecule has 2 aromatic carbocycles. The maximum Gasteiger partial charge on any atom is 0.331 e. The Labute approximate surface area is 172 Å². The molecule has 29 heavy (non-hydrogen) atoms. The summed E-state index contributed by atoms with van der Waals surface area (Å²) >= 11 is 1.02. The third kappa shape index (κ3) is 5.55. The summed E-state index contributed by atoms with van der Waals surface area (Å²) in [5.41, 5.74) is 3.02. The SMILES string of the molecule is COC(=O)/C=C1/S/C(=N\N=Cc2ccccc2OCc2ccccc2C)NC1=O. The zero-order valence-electron chi connectivity index (χ0n) is 15.9. The zero-order valence-corrected chi connectivity index (χ0v) is 16.7. The van der Waals surface area contributed by atoms with E-state index in [0.717, 1.165) is 34.5 Å². The van der Waals surface area contributed by atoms with Crippen molar-refractivity contribution >= 4 is 35.0 Å². The molecule has 0 radical (unpaired) electrons. The van der Waals surface area contributed by atoms with Crippen molar-refractivity contribution in [3.8, 4) is 5.75 Å². The Kier molecular flexibility index (Phi) is 6.80. The maximum atomic E-state index is 11.8. The fraction of sp³-hybridized carbons (Fsp3) is 0.143. The highest BCUT2D eigenvalue weighted by molar-refractivity contribution is 8.18. The molecule has 1 heterocycles. The van der Waals surface area contributed by atoms with Crippen LogP contribution in [0, 0.1) is 6.92 Å². The second-order valence-electron chi connectivity index (χ2n) is 5.99. The number of rotatable bonds is 6. The first-order valence-electron chi connectivity index (χ1n) is 8.73. The molecule has 0 unspecified atom stereocenters. The van der Waals surface area contributed by atoms with E-state index in [1.54, 1.807) is 6.21 Å². The first-order chi connectivity index (χ1) is 14.1. The number of para-hydroxylation sites is 1. The van der Waals surface area contributed by atoms with E-state index in [0.29, 0.717) is 12.4 Å². The van der Waals surface area contributed by atoms with Crippen LogP contribution >= 0.6 is 11.8 Å². The normalized spacial score (nSPS) is 16.4. The highest BCUT2D eigenvalue weighted by atomic mass is 32.2. The highest BCUT2D eigenvalue weighted by Crippen LogP contribution is 2.24. The molecule has 3 rings (SSSR count). The number of nitrogens with zero attached hydrogens (tertiary/aromatic N) is 2. The molecule has 7 nitrogen and oxygen atoms in total. The van der Waals surface area contributed by atoms with Gasteiger partial charge in [-0.1, -0.05) is 36.4 Å². The van der Waals surface area contributed by atoms with Crippen molar-refractivity contribution in [2.45, 2.75) is 13.5 Å². The first kappa shape index (κ1) is 20.3. The highest BCUT2D eigenvalue weighted by Gasteiger charge is 2.25. The predicted octanol–water partition coefficient (Wildman–Crippen LogP) is 3.18. The zero-order chi connectivity index (χ0) is 20.6. The molecular weight excluding hydrogens is 390 g/mol. The lowest BCUT2D eigenvalue weighted by molar-refractivity contribution is -0.135. The van der Waals surface area contributed by atoms with Gasteiger partial charge in [-0.05, 0) is 41.9 Å². The van der Waals surface area contributed by atoms with Crippen LogP contribution in [-0.4, -0.2) is 30.4 Å². The van der Waals surface area contributed by atoms with E-state index < -0.39 is 11.9 Å². The topological polar surface area (TPSA) is 89.3 Å². The molecule has 148 valence electrons. The number of methoxy groups -OCH3 is 1. The van der Waals surface area contributed by atoms with Gasteiger partial charge in [-0.15, -0.1) is 5.10 Å². The van der Waals surface area contributed by atoms with E-state index in [2.05, 4.69) is 20.3 Å². The minimum absolute atomic E-state index is 0.202. The van der Waals surface area contributed by atoms with Gasteiger partial charge in [0.05, 0.1) is 18.2 Å². The second kappa shape index (κ2) is 9.70. The quantitative estimate of drug-likeness (QED) is 0.343. The van der Waals surface area contributed by atoms with Crippen LogP contribution in [-0.2, 0) is 20.9 Å². The Morgan fingerprint density at radius 3 is 2.72 bits per heavy atom. The molecule has 0 atom stereocenters. The Hall–Kier alpha value is -3.39. The van der Waals surface area contributed by atoms with Crippen molar-refractivity contribution in [3.05, 3.63) is 76.2 Å². The summed E-state index contributed by atoms with van der Waals surface area (Å²) in [6, 6.07) is 15.5. The lowest BCUT2D eigenvalue weighted by Gasteiger charge is -2.10. The van der Waals surface area contributed by atoms with Crippen LogP contribution in [0.15, 0.2) is 69.7 Å². The summed E-state index contributed by atoms with van der Waals surface area (Å²) in [5.74, 6) is -0.350. The van der Waals surface area contributed by atoms with Gasteiger partial charge in [-0.3, -0.25) is 10.1 Å². The lowest BCUT2D eigenvalue weighted by Crippen LogP contribution is -2.19. The molecule has 0 saturated carbocycles. The smallest absolute Gasteiger partial charge is 0.331 e. The average molecular weight is 409 g/mol. The third-order valence-corrected chi connectivity index (χ3v) is 4.91. The predicted molar refractivity (Wildman–Crippen MR) is 113 cm³/mol. The van der Waals surface area contributed by atoms with E-state index in [1.165, 1.54) is 7.11 Å². The molecule has 0 bridgehead atoms. The van der Waals surface area contributed by atoms with E-state index in [-0.39, 0.29) is 10.1 Å². The molecular formula is C21H19N3O4S. The van der Waals surface area contributed by atoms with Gasteiger partial charge in [-0.2, -0.15) is 5.10 Å². The van der Waals surface area contributed by atoms with Gasteiger partial charge in [0.2, 0.25) is 0 Å². The number of hydrogen-bond donors (Lipinski definition) is 1. The minimum atomic E-state index is -0.605. The number of nitrogens with one attached hydrogen (secondary N) is 1. The number of thioether (sulfide) groups is 1. The van der Waals surface area contributed by atoms with Gasteiger partial charge in [0.1, 0.15) is 12.4 Å². The third-order valence-electron chi connectivity index (χ3n) is 4.01. The van der Waals surface area contributed by atoms with E-state index in [1.807, 2.05) is 55.5 Å². The van der Waals surface area contributed by atoms with Crippen LogP contribution < -0.4 is 10.1 Å². The molecule has 1 aliphatic heterocycles. The number of hydrogen-bond acceptors (Lipinski definition) is 7. The molecule has 1 N–H and O–H groups in total. The number of esters is 1. The van der Waals surface area contributed by atoms with Crippen LogP contribution in [0.1, 0.15) is 16.7 Å². The molecule has 0 aliphatic carbocycles. The minimum Gasteiger partial charge on any atom is -0.488 e. The Bertz CT molecular complexity index is 1010. The number of amidine groups is 1. The molecule has 2 aromatic rings. The van der Waals surface area contributed by atoms with Crippen LogP contribution in [0.2, 0.25) is 0 Å². The fourth-order valence-electron chi connectivity index (χ4n) is 2.43. The van der Waals surface area contributed by atoms with Crippen LogP contribution in [0.5, 0.6) is 5.75 Å². The van der Waals surface area contributed by atoms with Gasteiger partial charge in [0, 0.05) is 11.6 Å². The van der Waals surface area contributed by atoms with Crippen LogP contribution in [0.4, 0.5) is 0 Å². The van der Waals surface area contributed by atoms with Crippen molar-refractivity contribution in [2.75, 3.05) is 7.11 Å². The van der Waals surface area contributed by atoms with E-state index >= 15 is 0 Å². The van der Waals surface area contributed by atoms with E-state index in [4.69, 9.17) is 4.74 Å². The van der Waals surface area contributed by atoms with Crippen molar-refractivity contribution in [3.63, 3.8) is 0 Å². The molecule has 1 amide bonds. The van der Waals surface area contributed by atoms with Crippen molar-refractivity contribution in [2.24, 2.45) is 10.2 Å². The number of carbonyl (C=O) groups excluding carboxylic acids is 2. The summed E-state index contributed by atoms with van der Waals surface area (Å²) in [7, 11) is 1.24. The van der Waals surface area contributed by atoms with Crippen molar-refractivity contribution in [1.29, 1.82) is 0 Å². The first-order valence-corrected chi connectivity index (χ1v) is 9.54. The Morgan fingerprint density at radius 1 is 1.17 bits per heavy atom. The summed E-state index contributed by atoms with van der Waals surface area (Å²) < 4.78 is 10.5. The molecule has 1 saturated heterocycles. The summed E-state index contributed by atoms with van der Waals surface area (Å²) in [6.07, 6.45) is 2.66. The van der Waals surface area contributed by atoms with Gasteiger partial charge >= 0.3 is 5.97 Å². The molecule has 1 fully saturated rings. The molecule has 0 aromatic heterocycles. The van der Waals surface area contributed by atoms with Gasteiger partial charge in [-0.25, -0.2) is 4.79 Å². The Balaban J connectivity index is 1.68. The monoisotopic (exact) mass is 409 g/mol. The molecule has 8 heteroatoms. The van der Waals surface area contributed by atoms with Gasteiger partial charge in [0.15, 0.2) is 5.17 Å². The average Bonchev–Trinajstić information content (AvgIpc) is 3.07. The van der Waals surface area contributed by atoms with Crippen LogP contribution in [0.25, 0.3) is 0 Å². The number of amides is 1. The maximum absolute atomic E-state index is 11.8. The van der Waals surface area contributed by atoms with Gasteiger partial charge in [0.25, 0.3) is 5.91 Å². The largest absolute Gasteiger partial charge is 0.488 e. The summed E-state index contributed by atoms with van der Waals surface area (Å²) in [4.78, 5) is 23.3. The molecule has 1 aliphatic rings. The van der Waals surface area contributed by atoms with Crippen molar-refractivity contribution < 1.29 is 19.1 Å². The number of aryl methyl sites for hydroxylation is 1. The number of ether oxygens (including phenoxy) is 2. The number of carbonyl (C=O) groups is 2.